The highest BCUT2D eigenvalue weighted by Gasteiger charge is 2.25. The third-order valence-electron chi connectivity index (χ3n) is 6.06. The van der Waals surface area contributed by atoms with Gasteiger partial charge in [0.25, 0.3) is 0 Å². The van der Waals surface area contributed by atoms with Crippen LogP contribution in [0.4, 0.5) is 0 Å². The molecule has 34 heavy (non-hydrogen) atoms. The topological polar surface area (TPSA) is 65.4 Å². The van der Waals surface area contributed by atoms with E-state index < -0.39 is 0 Å². The minimum atomic E-state index is -0.228. The molecule has 190 valence electrons. The van der Waals surface area contributed by atoms with Crippen LogP contribution in [0, 0.1) is 0 Å². The molecule has 2 aromatic carbocycles. The third kappa shape index (κ3) is 7.03. The molecule has 0 aliphatic rings. The molecule has 0 fully saturated rings. The van der Waals surface area contributed by atoms with Gasteiger partial charge in [-0.25, -0.2) is 0 Å². The Morgan fingerprint density at radius 1 is 0.676 bits per heavy atom. The molecule has 0 heterocycles. The van der Waals surface area contributed by atoms with Gasteiger partial charge in [-0.2, -0.15) is 0 Å². The summed E-state index contributed by atoms with van der Waals surface area (Å²) in [5.74, 6) is 2.05. The number of methoxy groups -OCH3 is 2. The van der Waals surface area contributed by atoms with E-state index in [1.807, 2.05) is 38.4 Å². The summed E-state index contributed by atoms with van der Waals surface area (Å²) in [5.41, 5.74) is 2.87. The van der Waals surface area contributed by atoms with Crippen LogP contribution in [0.2, 0.25) is 0 Å². The molecule has 0 unspecified atom stereocenters. The molecule has 6 nitrogen and oxygen atoms in total. The number of benzene rings is 2. The number of ether oxygens (including phenoxy) is 2. The highest BCUT2D eigenvalue weighted by atomic mass is 16.5. The Balaban J connectivity index is 2.52. The second kappa shape index (κ2) is 10.9. The van der Waals surface area contributed by atoms with Crippen LogP contribution in [0.15, 0.2) is 24.3 Å². The van der Waals surface area contributed by atoms with Gasteiger partial charge in [-0.05, 0) is 49.2 Å². The molecule has 0 saturated heterocycles. The summed E-state index contributed by atoms with van der Waals surface area (Å²) in [7, 11) is 7.38. The first kappa shape index (κ1) is 27.8. The van der Waals surface area contributed by atoms with E-state index in [9.17, 15) is 10.2 Å². The lowest BCUT2D eigenvalue weighted by Gasteiger charge is -2.29. The van der Waals surface area contributed by atoms with Gasteiger partial charge in [0.05, 0.1) is 14.2 Å². The quantitative estimate of drug-likeness (QED) is 0.518. The maximum atomic E-state index is 11.2. The lowest BCUT2D eigenvalue weighted by molar-refractivity contribution is 0.220. The molecule has 2 N–H and O–H groups in total. The Kier molecular flexibility index (Phi) is 8.89. The molecule has 0 atom stereocenters. The van der Waals surface area contributed by atoms with Crippen LogP contribution in [0.1, 0.15) is 63.8 Å². The normalized spacial score (nSPS) is 12.5. The monoisotopic (exact) mass is 472 g/mol. The first-order valence-corrected chi connectivity index (χ1v) is 11.8. The SMILES string of the molecule is COc1cc(CN(CCN(C)C)Cc2cc(OC)cc(C(C)(C)C)c2O)c(O)c(C(C)(C)C)c1. The minimum absolute atomic E-state index is 0.228. The van der Waals surface area contributed by atoms with Gasteiger partial charge in [-0.3, -0.25) is 4.90 Å². The van der Waals surface area contributed by atoms with Gasteiger partial charge in [0.15, 0.2) is 0 Å². The second-order valence-corrected chi connectivity index (χ2v) is 11.4. The number of rotatable bonds is 9. The van der Waals surface area contributed by atoms with Gasteiger partial charge in [0.2, 0.25) is 0 Å². The Labute approximate surface area is 206 Å². The van der Waals surface area contributed by atoms with Gasteiger partial charge in [0.1, 0.15) is 23.0 Å². The molecule has 0 aliphatic heterocycles. The van der Waals surface area contributed by atoms with E-state index in [1.165, 1.54) is 0 Å². The van der Waals surface area contributed by atoms with E-state index in [1.54, 1.807) is 14.2 Å². The van der Waals surface area contributed by atoms with Crippen molar-refractivity contribution in [1.82, 2.24) is 9.80 Å². The summed E-state index contributed by atoms with van der Waals surface area (Å²) in [4.78, 5) is 4.37. The van der Waals surface area contributed by atoms with Crippen molar-refractivity contribution in [2.24, 2.45) is 0 Å². The lowest BCUT2D eigenvalue weighted by atomic mass is 9.84. The van der Waals surface area contributed by atoms with Crippen molar-refractivity contribution >= 4 is 0 Å². The van der Waals surface area contributed by atoms with Crippen LogP contribution in [-0.2, 0) is 23.9 Å². The molecule has 0 aromatic heterocycles. The van der Waals surface area contributed by atoms with Crippen molar-refractivity contribution < 1.29 is 19.7 Å². The summed E-state index contributed by atoms with van der Waals surface area (Å²) < 4.78 is 11.1. The largest absolute Gasteiger partial charge is 0.507 e. The first-order chi connectivity index (χ1) is 15.7. The number of phenols is 2. The summed E-state index contributed by atoms with van der Waals surface area (Å²) in [6.07, 6.45) is 0. The van der Waals surface area contributed by atoms with E-state index in [0.717, 1.165) is 46.8 Å². The number of phenolic OH excluding ortho intramolecular Hbond substituents is 2. The van der Waals surface area contributed by atoms with Crippen LogP contribution < -0.4 is 9.47 Å². The zero-order valence-electron chi connectivity index (χ0n) is 22.7. The number of nitrogens with zero attached hydrogens (tertiary/aromatic N) is 2. The number of hydrogen-bond donors (Lipinski definition) is 2. The Morgan fingerprint density at radius 3 is 1.35 bits per heavy atom. The molecule has 0 bridgehead atoms. The van der Waals surface area contributed by atoms with E-state index in [4.69, 9.17) is 9.47 Å². The zero-order valence-corrected chi connectivity index (χ0v) is 22.7. The van der Waals surface area contributed by atoms with Gasteiger partial charge in [-0.15, -0.1) is 0 Å². The standard InChI is InChI=1S/C28H44N2O4/c1-27(2,3)23-15-21(33-9)13-19(25(23)31)17-30(12-11-29(7)8)18-20-14-22(34-10)16-24(26(20)32)28(4,5)6/h13-16,31-32H,11-12,17-18H2,1-10H3. The third-order valence-corrected chi connectivity index (χ3v) is 6.06. The van der Waals surface area contributed by atoms with Crippen LogP contribution in [0.25, 0.3) is 0 Å². The van der Waals surface area contributed by atoms with Gasteiger partial charge < -0.3 is 24.6 Å². The fourth-order valence-electron chi connectivity index (χ4n) is 3.99. The Hall–Kier alpha value is -2.44. The average molecular weight is 473 g/mol. The summed E-state index contributed by atoms with van der Waals surface area (Å²) in [6.45, 7) is 15.1. The van der Waals surface area contributed by atoms with Crippen molar-refractivity contribution in [3.63, 3.8) is 0 Å². The Bertz CT molecular complexity index is 898. The van der Waals surface area contributed by atoms with Crippen LogP contribution in [-0.4, -0.2) is 61.4 Å². The molecule has 0 radical (unpaired) electrons. The molecular formula is C28H44N2O4. The van der Waals surface area contributed by atoms with Crippen LogP contribution >= 0.6 is 0 Å². The predicted molar refractivity (Wildman–Crippen MR) is 139 cm³/mol. The van der Waals surface area contributed by atoms with Crippen molar-refractivity contribution in [1.29, 1.82) is 0 Å². The molecule has 2 rings (SSSR count). The number of aromatic hydroxyl groups is 2. The van der Waals surface area contributed by atoms with Gasteiger partial charge in [-0.1, -0.05) is 41.5 Å². The minimum Gasteiger partial charge on any atom is -0.507 e. The number of likely N-dealkylation sites (N-methyl/N-ethyl adjacent to an activating group) is 1. The smallest absolute Gasteiger partial charge is 0.124 e. The predicted octanol–water partition coefficient (Wildman–Crippen LogP) is 5.27. The highest BCUT2D eigenvalue weighted by Crippen LogP contribution is 2.39. The van der Waals surface area contributed by atoms with Crippen LogP contribution in [0.5, 0.6) is 23.0 Å². The summed E-state index contributed by atoms with van der Waals surface area (Å²) >= 11 is 0. The average Bonchev–Trinajstić information content (AvgIpc) is 2.72. The summed E-state index contributed by atoms with van der Waals surface area (Å²) in [6, 6.07) is 7.62. The fourth-order valence-corrected chi connectivity index (χ4v) is 3.99. The van der Waals surface area contributed by atoms with Gasteiger partial charge >= 0.3 is 0 Å². The maximum Gasteiger partial charge on any atom is 0.124 e. The molecule has 6 heteroatoms. The molecule has 2 aromatic rings. The molecule has 0 saturated carbocycles. The highest BCUT2D eigenvalue weighted by molar-refractivity contribution is 5.51. The van der Waals surface area contributed by atoms with E-state index in [2.05, 4.69) is 51.3 Å². The Morgan fingerprint density at radius 2 is 1.06 bits per heavy atom. The van der Waals surface area contributed by atoms with E-state index >= 15 is 0 Å². The van der Waals surface area contributed by atoms with Crippen molar-refractivity contribution in [2.75, 3.05) is 41.4 Å². The van der Waals surface area contributed by atoms with Crippen LogP contribution in [0.3, 0.4) is 0 Å². The lowest BCUT2D eigenvalue weighted by Crippen LogP contribution is -2.31. The van der Waals surface area contributed by atoms with E-state index in [-0.39, 0.29) is 10.8 Å². The molecular weight excluding hydrogens is 428 g/mol. The van der Waals surface area contributed by atoms with Crippen molar-refractivity contribution in [2.45, 2.75) is 65.5 Å². The molecule has 0 spiro atoms. The van der Waals surface area contributed by atoms with Gasteiger partial charge in [0, 0.05) is 48.4 Å². The maximum absolute atomic E-state index is 11.2. The fraction of sp³-hybridized carbons (Fsp3) is 0.571. The van der Waals surface area contributed by atoms with Crippen molar-refractivity contribution in [3.05, 3.63) is 46.5 Å². The molecule has 0 aliphatic carbocycles. The second-order valence-electron chi connectivity index (χ2n) is 11.4. The zero-order chi connectivity index (χ0) is 25.8. The van der Waals surface area contributed by atoms with Crippen molar-refractivity contribution in [3.8, 4) is 23.0 Å². The molecule has 0 amide bonds. The number of hydrogen-bond acceptors (Lipinski definition) is 6. The first-order valence-electron chi connectivity index (χ1n) is 11.8. The van der Waals surface area contributed by atoms with E-state index in [0.29, 0.717) is 24.6 Å². The summed E-state index contributed by atoms with van der Waals surface area (Å²) in [5, 5.41) is 22.3.